The van der Waals surface area contributed by atoms with Crippen molar-refractivity contribution < 1.29 is 0 Å². The SMILES string of the molecule is CC/C=C/c1cc(/C=C/CC)c(N)c(C(C)CC(C)C)c1N. The number of anilines is 2. The first-order chi connectivity index (χ1) is 10.4. The van der Waals surface area contributed by atoms with Crippen LogP contribution in [-0.2, 0) is 0 Å². The van der Waals surface area contributed by atoms with E-state index in [0.29, 0.717) is 11.8 Å². The standard InChI is InChI=1S/C20H32N2/c1-6-8-10-16-13-17(11-9-7-2)20(22)18(19(16)21)15(5)12-14(3)4/h8-11,13-15H,6-7,12,21-22H2,1-5H3/b10-8+,11-9+. The number of hydrogen-bond acceptors (Lipinski definition) is 2. The Morgan fingerprint density at radius 3 is 1.73 bits per heavy atom. The summed E-state index contributed by atoms with van der Waals surface area (Å²) in [6.45, 7) is 11.0. The monoisotopic (exact) mass is 300 g/mol. The van der Waals surface area contributed by atoms with E-state index in [4.69, 9.17) is 11.5 Å². The third kappa shape index (κ3) is 4.66. The molecule has 1 rings (SSSR count). The van der Waals surface area contributed by atoms with Gasteiger partial charge in [0.1, 0.15) is 0 Å². The van der Waals surface area contributed by atoms with E-state index in [9.17, 15) is 0 Å². The predicted molar refractivity (Wildman–Crippen MR) is 102 cm³/mol. The maximum Gasteiger partial charge on any atom is 0.0444 e. The molecule has 1 aromatic carbocycles. The van der Waals surface area contributed by atoms with Crippen LogP contribution in [0.5, 0.6) is 0 Å². The average Bonchev–Trinajstić information content (AvgIpc) is 2.44. The lowest BCUT2D eigenvalue weighted by Gasteiger charge is -2.22. The van der Waals surface area contributed by atoms with Crippen molar-refractivity contribution in [2.24, 2.45) is 5.92 Å². The maximum absolute atomic E-state index is 6.44. The third-order valence-corrected chi connectivity index (χ3v) is 3.90. The Kier molecular flexibility index (Phi) is 7.23. The molecule has 0 spiro atoms. The summed E-state index contributed by atoms with van der Waals surface area (Å²) in [6, 6.07) is 2.11. The van der Waals surface area contributed by atoms with Gasteiger partial charge in [0.2, 0.25) is 0 Å². The zero-order valence-corrected chi connectivity index (χ0v) is 14.8. The summed E-state index contributed by atoms with van der Waals surface area (Å²) in [5, 5.41) is 0. The van der Waals surface area contributed by atoms with Crippen molar-refractivity contribution in [3.63, 3.8) is 0 Å². The van der Waals surface area contributed by atoms with Crippen LogP contribution in [0, 0.1) is 5.92 Å². The van der Waals surface area contributed by atoms with E-state index in [-0.39, 0.29) is 0 Å². The molecule has 1 unspecified atom stereocenters. The van der Waals surface area contributed by atoms with E-state index in [1.807, 2.05) is 0 Å². The van der Waals surface area contributed by atoms with Gasteiger partial charge in [-0.1, -0.05) is 58.9 Å². The highest BCUT2D eigenvalue weighted by Crippen LogP contribution is 2.38. The van der Waals surface area contributed by atoms with Gasteiger partial charge in [0.05, 0.1) is 0 Å². The molecule has 0 bridgehead atoms. The number of nitrogens with two attached hydrogens (primary N) is 2. The van der Waals surface area contributed by atoms with Gasteiger partial charge in [-0.05, 0) is 48.3 Å². The first-order valence-electron chi connectivity index (χ1n) is 8.47. The summed E-state index contributed by atoms with van der Waals surface area (Å²) in [7, 11) is 0. The molecule has 1 aromatic rings. The van der Waals surface area contributed by atoms with Crippen LogP contribution >= 0.6 is 0 Å². The number of hydrogen-bond donors (Lipinski definition) is 2. The van der Waals surface area contributed by atoms with Crippen LogP contribution in [0.2, 0.25) is 0 Å². The Labute approximate surface area is 136 Å². The van der Waals surface area contributed by atoms with Crippen LogP contribution in [0.1, 0.15) is 76.5 Å². The molecular weight excluding hydrogens is 268 g/mol. The second-order valence-corrected chi connectivity index (χ2v) is 6.45. The summed E-state index contributed by atoms with van der Waals surface area (Å²) in [6.07, 6.45) is 11.6. The zero-order valence-electron chi connectivity index (χ0n) is 14.8. The lowest BCUT2D eigenvalue weighted by atomic mass is 9.86. The predicted octanol–water partition coefficient (Wildman–Crippen LogP) is 5.85. The van der Waals surface area contributed by atoms with Crippen molar-refractivity contribution in [1.82, 2.24) is 0 Å². The lowest BCUT2D eigenvalue weighted by molar-refractivity contribution is 0.525. The normalized spacial score (nSPS) is 13.5. The molecule has 0 amide bonds. The van der Waals surface area contributed by atoms with Gasteiger partial charge < -0.3 is 11.5 Å². The van der Waals surface area contributed by atoms with Gasteiger partial charge in [-0.25, -0.2) is 0 Å². The van der Waals surface area contributed by atoms with Crippen molar-refractivity contribution in [2.75, 3.05) is 11.5 Å². The molecule has 0 aliphatic heterocycles. The fourth-order valence-electron chi connectivity index (χ4n) is 2.90. The quantitative estimate of drug-likeness (QED) is 0.621. The van der Waals surface area contributed by atoms with Gasteiger partial charge in [-0.15, -0.1) is 0 Å². The van der Waals surface area contributed by atoms with E-state index in [1.54, 1.807) is 0 Å². The largest absolute Gasteiger partial charge is 0.398 e. The molecule has 0 fully saturated rings. The number of rotatable bonds is 7. The topological polar surface area (TPSA) is 52.0 Å². The Bertz CT molecular complexity index is 501. The zero-order chi connectivity index (χ0) is 16.7. The molecule has 0 aliphatic carbocycles. The molecule has 0 saturated heterocycles. The molecule has 1 atom stereocenters. The van der Waals surface area contributed by atoms with Gasteiger partial charge in [0.25, 0.3) is 0 Å². The number of nitrogen functional groups attached to an aromatic ring is 2. The minimum atomic E-state index is 0.365. The minimum absolute atomic E-state index is 0.365. The van der Waals surface area contributed by atoms with Crippen LogP contribution < -0.4 is 11.5 Å². The molecule has 0 aliphatic rings. The second-order valence-electron chi connectivity index (χ2n) is 6.45. The first kappa shape index (κ1) is 18.3. The molecule has 22 heavy (non-hydrogen) atoms. The third-order valence-electron chi connectivity index (χ3n) is 3.90. The van der Waals surface area contributed by atoms with E-state index in [1.165, 1.54) is 0 Å². The molecule has 4 N–H and O–H groups in total. The molecule has 2 nitrogen and oxygen atoms in total. The average molecular weight is 300 g/mol. The van der Waals surface area contributed by atoms with Crippen LogP contribution in [0.4, 0.5) is 11.4 Å². The van der Waals surface area contributed by atoms with Gasteiger partial charge >= 0.3 is 0 Å². The summed E-state index contributed by atoms with van der Waals surface area (Å²) in [4.78, 5) is 0. The molecule has 0 radical (unpaired) electrons. The van der Waals surface area contributed by atoms with Crippen LogP contribution in [0.15, 0.2) is 18.2 Å². The number of benzene rings is 1. The van der Waals surface area contributed by atoms with Crippen molar-refractivity contribution in [1.29, 1.82) is 0 Å². The van der Waals surface area contributed by atoms with Crippen molar-refractivity contribution >= 4 is 23.5 Å². The summed E-state index contributed by atoms with van der Waals surface area (Å²) < 4.78 is 0. The highest BCUT2D eigenvalue weighted by atomic mass is 14.6. The summed E-state index contributed by atoms with van der Waals surface area (Å²) in [5.41, 5.74) is 17.8. The summed E-state index contributed by atoms with van der Waals surface area (Å²) in [5.74, 6) is 0.988. The van der Waals surface area contributed by atoms with Crippen LogP contribution in [0.25, 0.3) is 12.2 Å². The second kappa shape index (κ2) is 8.67. The number of allylic oxidation sites excluding steroid dienone is 2. The Hall–Kier alpha value is -1.70. The van der Waals surface area contributed by atoms with Crippen LogP contribution in [-0.4, -0.2) is 0 Å². The Morgan fingerprint density at radius 2 is 1.36 bits per heavy atom. The Morgan fingerprint density at radius 1 is 0.909 bits per heavy atom. The van der Waals surface area contributed by atoms with Gasteiger partial charge in [-0.2, -0.15) is 0 Å². The van der Waals surface area contributed by atoms with E-state index >= 15 is 0 Å². The fourth-order valence-corrected chi connectivity index (χ4v) is 2.90. The molecule has 2 heteroatoms. The van der Waals surface area contributed by atoms with Crippen LogP contribution in [0.3, 0.4) is 0 Å². The van der Waals surface area contributed by atoms with Gasteiger partial charge in [0, 0.05) is 16.9 Å². The van der Waals surface area contributed by atoms with Crippen molar-refractivity contribution in [2.45, 2.75) is 59.8 Å². The molecule has 0 aromatic heterocycles. The van der Waals surface area contributed by atoms with Gasteiger partial charge in [-0.3, -0.25) is 0 Å². The molecule has 122 valence electrons. The van der Waals surface area contributed by atoms with E-state index in [0.717, 1.165) is 47.3 Å². The van der Waals surface area contributed by atoms with Crippen molar-refractivity contribution in [3.8, 4) is 0 Å². The summed E-state index contributed by atoms with van der Waals surface area (Å²) >= 11 is 0. The smallest absolute Gasteiger partial charge is 0.0444 e. The first-order valence-corrected chi connectivity index (χ1v) is 8.47. The molecule has 0 heterocycles. The van der Waals surface area contributed by atoms with E-state index < -0.39 is 0 Å². The molecular formula is C20H32N2. The minimum Gasteiger partial charge on any atom is -0.398 e. The van der Waals surface area contributed by atoms with E-state index in [2.05, 4.69) is 65.0 Å². The Balaban J connectivity index is 3.43. The highest BCUT2D eigenvalue weighted by molar-refractivity contribution is 5.81. The molecule has 0 saturated carbocycles. The lowest BCUT2D eigenvalue weighted by Crippen LogP contribution is -2.09. The maximum atomic E-state index is 6.44. The van der Waals surface area contributed by atoms with Gasteiger partial charge in [0.15, 0.2) is 0 Å². The fraction of sp³-hybridized carbons (Fsp3) is 0.500. The highest BCUT2D eigenvalue weighted by Gasteiger charge is 2.18. The van der Waals surface area contributed by atoms with Crippen molar-refractivity contribution in [3.05, 3.63) is 34.9 Å².